The maximum atomic E-state index is 12.9. The molecule has 142 valence electrons. The molecule has 0 radical (unpaired) electrons. The van der Waals surface area contributed by atoms with Gasteiger partial charge >= 0.3 is 5.69 Å². The molecule has 1 N–H and O–H groups in total. The lowest BCUT2D eigenvalue weighted by molar-refractivity contribution is 0.0952. The van der Waals surface area contributed by atoms with Crippen LogP contribution in [0.25, 0.3) is 21.9 Å². The monoisotopic (exact) mass is 374 g/mol. The molecule has 0 aliphatic rings. The van der Waals surface area contributed by atoms with E-state index in [0.29, 0.717) is 12.1 Å². The fourth-order valence-electron chi connectivity index (χ4n) is 3.65. The minimum Gasteiger partial charge on any atom is -0.348 e. The molecule has 0 unspecified atom stereocenters. The summed E-state index contributed by atoms with van der Waals surface area (Å²) in [4.78, 5) is 29.5. The van der Waals surface area contributed by atoms with Crippen molar-refractivity contribution in [3.8, 4) is 0 Å². The molecular weight excluding hydrogens is 352 g/mol. The van der Waals surface area contributed by atoms with Gasteiger partial charge in [-0.15, -0.1) is 0 Å². The summed E-state index contributed by atoms with van der Waals surface area (Å²) in [6.45, 7) is 4.27. The molecule has 0 fully saturated rings. The van der Waals surface area contributed by atoms with Crippen molar-refractivity contribution in [1.82, 2.24) is 19.4 Å². The van der Waals surface area contributed by atoms with E-state index in [-0.39, 0.29) is 11.6 Å². The molecule has 28 heavy (non-hydrogen) atoms. The van der Waals surface area contributed by atoms with E-state index in [0.717, 1.165) is 38.8 Å². The van der Waals surface area contributed by atoms with E-state index < -0.39 is 0 Å². The summed E-state index contributed by atoms with van der Waals surface area (Å²) >= 11 is 0. The number of nitrogens with zero attached hydrogens (tertiary/aromatic N) is 3. The number of aromatic nitrogens is 3. The van der Waals surface area contributed by atoms with Gasteiger partial charge in [0.2, 0.25) is 0 Å². The van der Waals surface area contributed by atoms with Crippen LogP contribution < -0.4 is 11.0 Å². The van der Waals surface area contributed by atoms with Crippen LogP contribution in [0.4, 0.5) is 0 Å². The average molecular weight is 374 g/mol. The van der Waals surface area contributed by atoms with Crippen LogP contribution in [0.2, 0.25) is 0 Å². The van der Waals surface area contributed by atoms with Gasteiger partial charge in [0.15, 0.2) is 0 Å². The van der Waals surface area contributed by atoms with Crippen LogP contribution in [-0.4, -0.2) is 20.0 Å². The van der Waals surface area contributed by atoms with E-state index in [1.807, 2.05) is 56.3 Å². The van der Waals surface area contributed by atoms with Crippen LogP contribution >= 0.6 is 0 Å². The van der Waals surface area contributed by atoms with Crippen molar-refractivity contribution < 1.29 is 4.79 Å². The Morgan fingerprint density at radius 3 is 2.57 bits per heavy atom. The van der Waals surface area contributed by atoms with Gasteiger partial charge in [0, 0.05) is 31.7 Å². The first-order valence-electron chi connectivity index (χ1n) is 9.16. The van der Waals surface area contributed by atoms with Gasteiger partial charge in [-0.2, -0.15) is 0 Å². The smallest absolute Gasteiger partial charge is 0.328 e. The Hall–Kier alpha value is -3.41. The van der Waals surface area contributed by atoms with Gasteiger partial charge < -0.3 is 5.32 Å². The SMILES string of the molecule is Cc1cc(C(=O)NCc2ccc3c(c2)n(C)c(=O)n3C)c2cccc(C)c2n1. The number of aryl methyl sites for hydroxylation is 4. The number of pyridine rings is 1. The Balaban J connectivity index is 1.64. The predicted octanol–water partition coefficient (Wildman–Crippen LogP) is 2.97. The number of carbonyl (C=O) groups is 1. The summed E-state index contributed by atoms with van der Waals surface area (Å²) in [5.41, 5.74) is 5.93. The van der Waals surface area contributed by atoms with Crippen LogP contribution in [0.1, 0.15) is 27.2 Å². The fraction of sp³-hybridized carbons (Fsp3) is 0.227. The lowest BCUT2D eigenvalue weighted by Gasteiger charge is -2.11. The number of amides is 1. The fourth-order valence-corrected chi connectivity index (χ4v) is 3.65. The normalized spacial score (nSPS) is 11.3. The third-order valence-electron chi connectivity index (χ3n) is 5.20. The van der Waals surface area contributed by atoms with Crippen LogP contribution in [0.3, 0.4) is 0 Å². The summed E-state index contributed by atoms with van der Waals surface area (Å²) in [5.74, 6) is -0.136. The highest BCUT2D eigenvalue weighted by Crippen LogP contribution is 2.21. The Labute approximate surface area is 162 Å². The predicted molar refractivity (Wildman–Crippen MR) is 111 cm³/mol. The van der Waals surface area contributed by atoms with E-state index in [4.69, 9.17) is 0 Å². The number of rotatable bonds is 3. The molecule has 0 spiro atoms. The molecule has 6 heteroatoms. The summed E-state index contributed by atoms with van der Waals surface area (Å²) in [7, 11) is 3.51. The van der Waals surface area contributed by atoms with Crippen molar-refractivity contribution in [3.05, 3.63) is 75.3 Å². The highest BCUT2D eigenvalue weighted by Gasteiger charge is 2.14. The van der Waals surface area contributed by atoms with Gasteiger partial charge in [-0.3, -0.25) is 18.9 Å². The maximum Gasteiger partial charge on any atom is 0.328 e. The topological polar surface area (TPSA) is 68.9 Å². The molecule has 4 rings (SSSR count). The van der Waals surface area contributed by atoms with Gasteiger partial charge in [-0.25, -0.2) is 4.79 Å². The number of para-hydroxylation sites is 1. The zero-order valence-corrected chi connectivity index (χ0v) is 16.4. The zero-order valence-electron chi connectivity index (χ0n) is 16.4. The van der Waals surface area contributed by atoms with Crippen molar-refractivity contribution in [2.75, 3.05) is 0 Å². The largest absolute Gasteiger partial charge is 0.348 e. The van der Waals surface area contributed by atoms with Crippen LogP contribution in [0, 0.1) is 13.8 Å². The third kappa shape index (κ3) is 2.87. The number of hydrogen-bond donors (Lipinski definition) is 1. The summed E-state index contributed by atoms with van der Waals surface area (Å²) < 4.78 is 3.23. The summed E-state index contributed by atoms with van der Waals surface area (Å²) in [6.07, 6.45) is 0. The first-order chi connectivity index (χ1) is 13.4. The number of hydrogen-bond acceptors (Lipinski definition) is 3. The Kier molecular flexibility index (Phi) is 4.26. The molecular formula is C22H22N4O2. The first-order valence-corrected chi connectivity index (χ1v) is 9.16. The Morgan fingerprint density at radius 1 is 1.04 bits per heavy atom. The van der Waals surface area contributed by atoms with Crippen molar-refractivity contribution in [1.29, 1.82) is 0 Å². The number of benzene rings is 2. The molecule has 1 amide bonds. The van der Waals surface area contributed by atoms with Crippen molar-refractivity contribution in [2.45, 2.75) is 20.4 Å². The van der Waals surface area contributed by atoms with E-state index in [2.05, 4.69) is 10.3 Å². The van der Waals surface area contributed by atoms with Crippen LogP contribution in [0.5, 0.6) is 0 Å². The van der Waals surface area contributed by atoms with Gasteiger partial charge in [0.25, 0.3) is 5.91 Å². The lowest BCUT2D eigenvalue weighted by Crippen LogP contribution is -2.23. The van der Waals surface area contributed by atoms with Crippen LogP contribution in [0.15, 0.2) is 47.3 Å². The molecule has 0 saturated carbocycles. The lowest BCUT2D eigenvalue weighted by atomic mass is 10.0. The summed E-state index contributed by atoms with van der Waals surface area (Å²) in [6, 6.07) is 13.5. The van der Waals surface area contributed by atoms with E-state index in [9.17, 15) is 9.59 Å². The second kappa shape index (κ2) is 6.64. The molecule has 2 heterocycles. The Bertz CT molecular complexity index is 1300. The van der Waals surface area contributed by atoms with Crippen molar-refractivity contribution in [2.24, 2.45) is 14.1 Å². The minimum absolute atomic E-state index is 0.0646. The maximum absolute atomic E-state index is 12.9. The van der Waals surface area contributed by atoms with Gasteiger partial charge in [0.1, 0.15) is 0 Å². The van der Waals surface area contributed by atoms with E-state index in [1.165, 1.54) is 0 Å². The first kappa shape index (κ1) is 18.0. The highest BCUT2D eigenvalue weighted by atomic mass is 16.2. The number of carbonyl (C=O) groups excluding carboxylic acids is 1. The summed E-state index contributed by atoms with van der Waals surface area (Å²) in [5, 5.41) is 3.85. The van der Waals surface area contributed by atoms with Gasteiger partial charge in [-0.1, -0.05) is 24.3 Å². The molecule has 0 bridgehead atoms. The number of fused-ring (bicyclic) bond motifs is 2. The quantitative estimate of drug-likeness (QED) is 0.599. The minimum atomic E-state index is -0.136. The van der Waals surface area contributed by atoms with Crippen LogP contribution in [-0.2, 0) is 20.6 Å². The Morgan fingerprint density at radius 2 is 1.79 bits per heavy atom. The van der Waals surface area contributed by atoms with E-state index in [1.54, 1.807) is 23.2 Å². The average Bonchev–Trinajstić information content (AvgIpc) is 2.90. The standard InChI is InChI=1S/C22H22N4O2/c1-13-6-5-7-16-17(10-14(2)24-20(13)16)21(27)23-12-15-8-9-18-19(11-15)26(4)22(28)25(18)3/h5-11H,12H2,1-4H3,(H,23,27). The molecule has 2 aromatic heterocycles. The molecule has 0 atom stereocenters. The highest BCUT2D eigenvalue weighted by molar-refractivity contribution is 6.06. The molecule has 6 nitrogen and oxygen atoms in total. The zero-order chi connectivity index (χ0) is 20.0. The van der Waals surface area contributed by atoms with Crippen molar-refractivity contribution in [3.63, 3.8) is 0 Å². The molecule has 0 saturated heterocycles. The van der Waals surface area contributed by atoms with E-state index >= 15 is 0 Å². The third-order valence-corrected chi connectivity index (χ3v) is 5.20. The second-order valence-electron chi connectivity index (χ2n) is 7.19. The number of nitrogens with one attached hydrogen (secondary N) is 1. The molecule has 0 aliphatic carbocycles. The molecule has 0 aliphatic heterocycles. The van der Waals surface area contributed by atoms with Gasteiger partial charge in [0.05, 0.1) is 22.1 Å². The second-order valence-corrected chi connectivity index (χ2v) is 7.19. The van der Waals surface area contributed by atoms with Crippen molar-refractivity contribution >= 4 is 27.8 Å². The van der Waals surface area contributed by atoms with Gasteiger partial charge in [-0.05, 0) is 43.2 Å². The molecule has 2 aromatic carbocycles. The molecule has 4 aromatic rings. The number of imidazole rings is 1.